The van der Waals surface area contributed by atoms with Crippen molar-refractivity contribution >= 4 is 11.7 Å². The van der Waals surface area contributed by atoms with Gasteiger partial charge in [0.25, 0.3) is 5.91 Å². The van der Waals surface area contributed by atoms with Gasteiger partial charge in [-0.05, 0) is 37.5 Å². The maximum Gasteiger partial charge on any atom is 0.255 e. The minimum absolute atomic E-state index is 0.251. The second kappa shape index (κ2) is 8.51. The zero-order valence-corrected chi connectivity index (χ0v) is 15.2. The van der Waals surface area contributed by atoms with Crippen molar-refractivity contribution in [3.63, 3.8) is 0 Å². The first kappa shape index (κ1) is 18.0. The molecule has 1 aromatic carbocycles. The largest absolute Gasteiger partial charge is 0.493 e. The molecule has 1 aliphatic rings. The topological polar surface area (TPSA) is 76.6 Å². The third kappa shape index (κ3) is 4.04. The number of methoxy groups -OCH3 is 2. The van der Waals surface area contributed by atoms with Gasteiger partial charge >= 0.3 is 0 Å². The molecule has 0 saturated carbocycles. The van der Waals surface area contributed by atoms with Crippen molar-refractivity contribution < 1.29 is 14.3 Å². The third-order valence-electron chi connectivity index (χ3n) is 4.43. The van der Waals surface area contributed by atoms with Gasteiger partial charge in [-0.2, -0.15) is 0 Å². The Morgan fingerprint density at radius 1 is 1.15 bits per heavy atom. The van der Waals surface area contributed by atoms with E-state index < -0.39 is 0 Å². The number of benzene rings is 1. The van der Waals surface area contributed by atoms with E-state index in [1.807, 2.05) is 6.07 Å². The molecule has 26 heavy (non-hydrogen) atoms. The number of carbonyl (C=O) groups excluding carboxylic acids is 1. The maximum absolute atomic E-state index is 12.5. The average molecular weight is 356 g/mol. The number of anilines is 1. The Bertz CT molecular complexity index is 760. The molecule has 0 radical (unpaired) electrons. The van der Waals surface area contributed by atoms with E-state index in [1.165, 1.54) is 26.4 Å². The quantitative estimate of drug-likeness (QED) is 0.857. The summed E-state index contributed by atoms with van der Waals surface area (Å²) in [6.07, 6.45) is 5.38. The van der Waals surface area contributed by atoms with E-state index in [1.54, 1.807) is 31.5 Å². The van der Waals surface area contributed by atoms with Gasteiger partial charge in [-0.1, -0.05) is 6.07 Å². The first-order valence-electron chi connectivity index (χ1n) is 8.79. The van der Waals surface area contributed by atoms with E-state index >= 15 is 0 Å². The van der Waals surface area contributed by atoms with Crippen molar-refractivity contribution in [2.45, 2.75) is 25.8 Å². The van der Waals surface area contributed by atoms with Crippen molar-refractivity contribution in [1.82, 2.24) is 15.3 Å². The molecule has 1 amide bonds. The van der Waals surface area contributed by atoms with Crippen molar-refractivity contribution in [2.24, 2.45) is 0 Å². The molecule has 2 aromatic rings. The molecule has 1 aliphatic heterocycles. The zero-order chi connectivity index (χ0) is 18.4. The lowest BCUT2D eigenvalue weighted by molar-refractivity contribution is 0.0946. The second-order valence-corrected chi connectivity index (χ2v) is 6.10. The number of piperidine rings is 1. The molecule has 1 N–H and O–H groups in total. The summed E-state index contributed by atoms with van der Waals surface area (Å²) in [5.74, 6) is 2.18. The molecule has 3 rings (SSSR count). The van der Waals surface area contributed by atoms with E-state index in [2.05, 4.69) is 20.2 Å². The summed E-state index contributed by atoms with van der Waals surface area (Å²) in [6.45, 7) is 2.29. The van der Waals surface area contributed by atoms with Gasteiger partial charge in [-0.15, -0.1) is 0 Å². The van der Waals surface area contributed by atoms with Gasteiger partial charge < -0.3 is 19.7 Å². The van der Waals surface area contributed by atoms with Crippen LogP contribution in [-0.4, -0.2) is 43.2 Å². The number of hydrogen-bond acceptors (Lipinski definition) is 6. The molecule has 0 atom stereocenters. The Morgan fingerprint density at radius 2 is 1.96 bits per heavy atom. The Kier molecular flexibility index (Phi) is 5.88. The van der Waals surface area contributed by atoms with Gasteiger partial charge in [0.15, 0.2) is 11.5 Å². The van der Waals surface area contributed by atoms with Crippen LogP contribution in [0, 0.1) is 0 Å². The summed E-state index contributed by atoms with van der Waals surface area (Å²) in [5, 5.41) is 2.85. The molecule has 7 nitrogen and oxygen atoms in total. The first-order valence-corrected chi connectivity index (χ1v) is 8.79. The fraction of sp³-hybridized carbons (Fsp3) is 0.421. The molecule has 0 unspecified atom stereocenters. The molecule has 0 spiro atoms. The van der Waals surface area contributed by atoms with Crippen LogP contribution < -0.4 is 19.7 Å². The van der Waals surface area contributed by atoms with Crippen LogP contribution in [0.2, 0.25) is 0 Å². The summed E-state index contributed by atoms with van der Waals surface area (Å²) in [6, 6.07) is 7.12. The van der Waals surface area contributed by atoms with Crippen molar-refractivity contribution in [1.29, 1.82) is 0 Å². The van der Waals surface area contributed by atoms with Crippen molar-refractivity contribution in [3.8, 4) is 11.5 Å². The Balaban J connectivity index is 1.68. The van der Waals surface area contributed by atoms with Gasteiger partial charge in [0.2, 0.25) is 0 Å². The Labute approximate surface area is 153 Å². The standard InChI is InChI=1S/C19H24N4O3/c1-25-15-8-6-7-14(18(15)26-2)19(24)21-13-16-20-10-9-17(22-16)23-11-4-3-5-12-23/h6-10H,3-5,11-13H2,1-2H3,(H,21,24). The van der Waals surface area contributed by atoms with E-state index in [4.69, 9.17) is 9.47 Å². The molecule has 0 aliphatic carbocycles. The fourth-order valence-electron chi connectivity index (χ4n) is 3.09. The van der Waals surface area contributed by atoms with E-state index in [-0.39, 0.29) is 12.5 Å². The predicted octanol–water partition coefficient (Wildman–Crippen LogP) is 2.41. The number of para-hydroxylation sites is 1. The highest BCUT2D eigenvalue weighted by molar-refractivity contribution is 5.97. The first-order chi connectivity index (χ1) is 12.7. The zero-order valence-electron chi connectivity index (χ0n) is 15.2. The third-order valence-corrected chi connectivity index (χ3v) is 4.43. The lowest BCUT2D eigenvalue weighted by Crippen LogP contribution is -2.31. The molecule has 2 heterocycles. The van der Waals surface area contributed by atoms with Crippen LogP contribution in [0.15, 0.2) is 30.5 Å². The number of nitrogens with zero attached hydrogens (tertiary/aromatic N) is 3. The highest BCUT2D eigenvalue weighted by Gasteiger charge is 2.17. The number of carbonyl (C=O) groups is 1. The van der Waals surface area contributed by atoms with Crippen molar-refractivity contribution in [2.75, 3.05) is 32.2 Å². The fourth-order valence-corrected chi connectivity index (χ4v) is 3.09. The minimum Gasteiger partial charge on any atom is -0.493 e. The minimum atomic E-state index is -0.257. The van der Waals surface area contributed by atoms with Crippen LogP contribution in [0.1, 0.15) is 35.4 Å². The molecule has 1 saturated heterocycles. The summed E-state index contributed by atoms with van der Waals surface area (Å²) >= 11 is 0. The lowest BCUT2D eigenvalue weighted by Gasteiger charge is -2.27. The molecular formula is C19H24N4O3. The Hall–Kier alpha value is -2.83. The number of nitrogens with one attached hydrogen (secondary N) is 1. The van der Waals surface area contributed by atoms with Crippen LogP contribution in [-0.2, 0) is 6.54 Å². The van der Waals surface area contributed by atoms with Gasteiger partial charge in [-0.3, -0.25) is 4.79 Å². The normalized spacial score (nSPS) is 14.0. The SMILES string of the molecule is COc1cccc(C(=O)NCc2nccc(N3CCCCC3)n2)c1OC. The molecule has 1 fully saturated rings. The molecular weight excluding hydrogens is 332 g/mol. The van der Waals surface area contributed by atoms with Crippen molar-refractivity contribution in [3.05, 3.63) is 41.9 Å². The molecule has 138 valence electrons. The van der Waals surface area contributed by atoms with Crippen LogP contribution in [0.4, 0.5) is 5.82 Å². The van der Waals surface area contributed by atoms with E-state index in [0.717, 1.165) is 18.9 Å². The number of aromatic nitrogens is 2. The highest BCUT2D eigenvalue weighted by Crippen LogP contribution is 2.30. The number of rotatable bonds is 6. The average Bonchev–Trinajstić information content (AvgIpc) is 2.72. The summed E-state index contributed by atoms with van der Waals surface area (Å²) in [5.41, 5.74) is 0.416. The number of hydrogen-bond donors (Lipinski definition) is 1. The van der Waals surface area contributed by atoms with Crippen LogP contribution >= 0.6 is 0 Å². The predicted molar refractivity (Wildman–Crippen MR) is 98.8 cm³/mol. The lowest BCUT2D eigenvalue weighted by atomic mass is 10.1. The Morgan fingerprint density at radius 3 is 2.69 bits per heavy atom. The summed E-state index contributed by atoms with van der Waals surface area (Å²) in [4.78, 5) is 23.7. The summed E-state index contributed by atoms with van der Waals surface area (Å²) in [7, 11) is 3.05. The second-order valence-electron chi connectivity index (χ2n) is 6.10. The van der Waals surface area contributed by atoms with Gasteiger partial charge in [0.05, 0.1) is 26.3 Å². The number of ether oxygens (including phenoxy) is 2. The summed E-state index contributed by atoms with van der Waals surface area (Å²) < 4.78 is 10.6. The monoisotopic (exact) mass is 356 g/mol. The van der Waals surface area contributed by atoms with E-state index in [9.17, 15) is 4.79 Å². The molecule has 1 aromatic heterocycles. The van der Waals surface area contributed by atoms with Gasteiger partial charge in [0.1, 0.15) is 11.6 Å². The highest BCUT2D eigenvalue weighted by atomic mass is 16.5. The smallest absolute Gasteiger partial charge is 0.255 e. The molecule has 7 heteroatoms. The van der Waals surface area contributed by atoms with Crippen LogP contribution in [0.25, 0.3) is 0 Å². The maximum atomic E-state index is 12.5. The van der Waals surface area contributed by atoms with E-state index in [0.29, 0.717) is 22.9 Å². The van der Waals surface area contributed by atoms with Crippen LogP contribution in [0.5, 0.6) is 11.5 Å². The number of amides is 1. The molecule has 0 bridgehead atoms. The van der Waals surface area contributed by atoms with Gasteiger partial charge in [0, 0.05) is 19.3 Å². The van der Waals surface area contributed by atoms with Crippen LogP contribution in [0.3, 0.4) is 0 Å². The van der Waals surface area contributed by atoms with Gasteiger partial charge in [-0.25, -0.2) is 9.97 Å².